The molecule has 7 nitrogen and oxygen atoms in total. The summed E-state index contributed by atoms with van der Waals surface area (Å²) in [6.07, 6.45) is 2.78. The second-order valence-electron chi connectivity index (χ2n) is 9.39. The second kappa shape index (κ2) is 11.4. The van der Waals surface area contributed by atoms with Crippen LogP contribution in [-0.2, 0) is 21.2 Å². The number of likely N-dealkylation sites (N-methyl/N-ethyl adjacent to an activating group) is 1. The number of nitrogens with one attached hydrogen (secondary N) is 1. The molecule has 0 spiro atoms. The molecule has 0 aromatic heterocycles. The summed E-state index contributed by atoms with van der Waals surface area (Å²) in [4.78, 5) is 17.9. The molecule has 1 N–H and O–H groups in total. The molecule has 1 amide bonds. The van der Waals surface area contributed by atoms with Gasteiger partial charge < -0.3 is 10.2 Å². The van der Waals surface area contributed by atoms with Gasteiger partial charge in [-0.2, -0.15) is 4.31 Å². The van der Waals surface area contributed by atoms with Crippen molar-refractivity contribution in [1.29, 1.82) is 0 Å². The minimum atomic E-state index is -3.40. The van der Waals surface area contributed by atoms with Crippen LogP contribution >= 0.6 is 0 Å². The minimum Gasteiger partial charge on any atom is -0.348 e. The molecule has 2 heterocycles. The molecule has 2 aliphatic rings. The molecule has 184 valence electrons. The van der Waals surface area contributed by atoms with E-state index in [1.165, 1.54) is 0 Å². The Morgan fingerprint density at radius 2 is 1.56 bits per heavy atom. The highest BCUT2D eigenvalue weighted by molar-refractivity contribution is 7.89. The molecule has 0 saturated carbocycles. The van der Waals surface area contributed by atoms with Crippen molar-refractivity contribution in [1.82, 2.24) is 19.4 Å². The van der Waals surface area contributed by atoms with Crippen molar-refractivity contribution < 1.29 is 13.2 Å². The molecular weight excluding hydrogens is 448 g/mol. The fraction of sp³-hybridized carbons (Fsp3) is 0.500. The lowest BCUT2D eigenvalue weighted by Crippen LogP contribution is -2.47. The van der Waals surface area contributed by atoms with Crippen LogP contribution in [0.2, 0.25) is 0 Å². The monoisotopic (exact) mass is 484 g/mol. The predicted molar refractivity (Wildman–Crippen MR) is 134 cm³/mol. The average Bonchev–Trinajstić information content (AvgIpc) is 3.41. The summed E-state index contributed by atoms with van der Waals surface area (Å²) in [5.74, 6) is 0.0109. The summed E-state index contributed by atoms with van der Waals surface area (Å²) < 4.78 is 27.0. The van der Waals surface area contributed by atoms with E-state index in [1.807, 2.05) is 30.3 Å². The Morgan fingerprint density at radius 3 is 2.21 bits per heavy atom. The molecular formula is C26H36N4O3S. The summed E-state index contributed by atoms with van der Waals surface area (Å²) in [7, 11) is -1.26. The number of carbonyl (C=O) groups excluding carboxylic acids is 1. The lowest BCUT2D eigenvalue weighted by molar-refractivity contribution is -0.122. The summed E-state index contributed by atoms with van der Waals surface area (Å²) in [5.41, 5.74) is 2.08. The first-order valence-electron chi connectivity index (χ1n) is 12.3. The zero-order valence-corrected chi connectivity index (χ0v) is 20.8. The molecule has 2 saturated heterocycles. The van der Waals surface area contributed by atoms with Crippen molar-refractivity contribution in [2.24, 2.45) is 0 Å². The second-order valence-corrected chi connectivity index (χ2v) is 11.3. The van der Waals surface area contributed by atoms with Gasteiger partial charge in [-0.1, -0.05) is 42.5 Å². The first-order chi connectivity index (χ1) is 16.4. The van der Waals surface area contributed by atoms with Gasteiger partial charge in [0.1, 0.15) is 0 Å². The normalized spacial score (nSPS) is 19.2. The number of carbonyl (C=O) groups is 1. The number of piperazine rings is 1. The molecule has 2 fully saturated rings. The van der Waals surface area contributed by atoms with Crippen molar-refractivity contribution in [2.45, 2.75) is 36.6 Å². The highest BCUT2D eigenvalue weighted by Gasteiger charge is 2.27. The molecule has 8 heteroatoms. The van der Waals surface area contributed by atoms with Gasteiger partial charge in [0, 0.05) is 52.2 Å². The van der Waals surface area contributed by atoms with Crippen molar-refractivity contribution in [3.63, 3.8) is 0 Å². The van der Waals surface area contributed by atoms with E-state index in [0.717, 1.165) is 56.7 Å². The fourth-order valence-corrected chi connectivity index (χ4v) is 6.16. The molecule has 4 rings (SSSR count). The summed E-state index contributed by atoms with van der Waals surface area (Å²) in [5, 5.41) is 3.24. The molecule has 0 aliphatic carbocycles. The predicted octanol–water partition coefficient (Wildman–Crippen LogP) is 2.51. The highest BCUT2D eigenvalue weighted by atomic mass is 32.2. The van der Waals surface area contributed by atoms with E-state index in [-0.39, 0.29) is 11.9 Å². The van der Waals surface area contributed by atoms with Gasteiger partial charge in [0.25, 0.3) is 0 Å². The number of aryl methyl sites for hydroxylation is 1. The number of benzene rings is 2. The first-order valence-corrected chi connectivity index (χ1v) is 13.7. The molecule has 2 aromatic carbocycles. The van der Waals surface area contributed by atoms with Gasteiger partial charge in [0.2, 0.25) is 15.9 Å². The maximum atomic E-state index is 12.9. The van der Waals surface area contributed by atoms with E-state index in [1.54, 1.807) is 16.4 Å². The Bertz CT molecular complexity index is 1030. The topological polar surface area (TPSA) is 73.0 Å². The van der Waals surface area contributed by atoms with Gasteiger partial charge in [-0.05, 0) is 49.6 Å². The first kappa shape index (κ1) is 24.9. The van der Waals surface area contributed by atoms with Gasteiger partial charge in [-0.25, -0.2) is 8.42 Å². The van der Waals surface area contributed by atoms with Crippen LogP contribution in [0.5, 0.6) is 0 Å². The van der Waals surface area contributed by atoms with Crippen molar-refractivity contribution >= 4 is 15.9 Å². The zero-order chi connectivity index (χ0) is 24.0. The van der Waals surface area contributed by atoms with Crippen LogP contribution < -0.4 is 5.32 Å². The summed E-state index contributed by atoms with van der Waals surface area (Å²) in [6.45, 7) is 6.08. The molecule has 2 aliphatic heterocycles. The Morgan fingerprint density at radius 1 is 0.912 bits per heavy atom. The van der Waals surface area contributed by atoms with E-state index >= 15 is 0 Å². The molecule has 1 atom stereocenters. The maximum absolute atomic E-state index is 12.9. The quantitative estimate of drug-likeness (QED) is 0.592. The maximum Gasteiger partial charge on any atom is 0.243 e. The Kier molecular flexibility index (Phi) is 8.37. The van der Waals surface area contributed by atoms with Crippen LogP contribution in [0.25, 0.3) is 0 Å². The highest BCUT2D eigenvalue weighted by Crippen LogP contribution is 2.21. The number of sulfonamides is 1. The Hall–Kier alpha value is -2.26. The van der Waals surface area contributed by atoms with Crippen molar-refractivity contribution in [2.75, 3.05) is 52.9 Å². The molecule has 0 bridgehead atoms. The van der Waals surface area contributed by atoms with Gasteiger partial charge in [0.15, 0.2) is 0 Å². The Balaban J connectivity index is 1.33. The van der Waals surface area contributed by atoms with Gasteiger partial charge in [0.05, 0.1) is 10.9 Å². The molecule has 1 unspecified atom stereocenters. The van der Waals surface area contributed by atoms with Gasteiger partial charge in [-0.15, -0.1) is 0 Å². The summed E-state index contributed by atoms with van der Waals surface area (Å²) >= 11 is 0. The molecule has 0 radical (unpaired) electrons. The van der Waals surface area contributed by atoms with E-state index in [0.29, 0.717) is 30.8 Å². The van der Waals surface area contributed by atoms with E-state index < -0.39 is 10.0 Å². The standard InChI is InChI=1S/C26H36N4O3S/c1-28-17-19-29(20-18-28)21-25(23-7-3-2-4-8-23)27-26(31)14-11-22-9-12-24(13-10-22)34(32,33)30-15-5-6-16-30/h2-4,7-10,12-13,25H,5-6,11,14-21H2,1H3,(H,27,31). The van der Waals surface area contributed by atoms with Crippen LogP contribution in [0.3, 0.4) is 0 Å². The number of hydrogen-bond acceptors (Lipinski definition) is 5. The van der Waals surface area contributed by atoms with Crippen LogP contribution in [0, 0.1) is 0 Å². The SMILES string of the molecule is CN1CCN(CC(NC(=O)CCc2ccc(S(=O)(=O)N3CCCC3)cc2)c2ccccc2)CC1. The van der Waals surface area contributed by atoms with Crippen LogP contribution in [-0.4, -0.2) is 81.3 Å². The smallest absolute Gasteiger partial charge is 0.243 e. The van der Waals surface area contributed by atoms with E-state index in [9.17, 15) is 13.2 Å². The number of rotatable bonds is 9. The van der Waals surface area contributed by atoms with Gasteiger partial charge in [-0.3, -0.25) is 9.69 Å². The molecule has 34 heavy (non-hydrogen) atoms. The third-order valence-electron chi connectivity index (χ3n) is 6.84. The van der Waals surface area contributed by atoms with E-state index in [2.05, 4.69) is 34.3 Å². The van der Waals surface area contributed by atoms with Crippen molar-refractivity contribution in [3.8, 4) is 0 Å². The lowest BCUT2D eigenvalue weighted by Gasteiger charge is -2.35. The third-order valence-corrected chi connectivity index (χ3v) is 8.75. The molecule has 2 aromatic rings. The number of amides is 1. The van der Waals surface area contributed by atoms with Gasteiger partial charge >= 0.3 is 0 Å². The average molecular weight is 485 g/mol. The third kappa shape index (κ3) is 6.44. The lowest BCUT2D eigenvalue weighted by atomic mass is 10.0. The van der Waals surface area contributed by atoms with Crippen molar-refractivity contribution in [3.05, 3.63) is 65.7 Å². The summed E-state index contributed by atoms with van der Waals surface area (Å²) in [6, 6.07) is 17.1. The Labute approximate surface area is 203 Å². The number of nitrogens with zero attached hydrogens (tertiary/aromatic N) is 3. The van der Waals surface area contributed by atoms with E-state index in [4.69, 9.17) is 0 Å². The van der Waals surface area contributed by atoms with Crippen LogP contribution in [0.1, 0.15) is 36.4 Å². The zero-order valence-electron chi connectivity index (χ0n) is 20.0. The van der Waals surface area contributed by atoms with Crippen LogP contribution in [0.4, 0.5) is 0 Å². The largest absolute Gasteiger partial charge is 0.348 e. The minimum absolute atomic E-state index is 0.0109. The number of hydrogen-bond donors (Lipinski definition) is 1. The van der Waals surface area contributed by atoms with Crippen LogP contribution in [0.15, 0.2) is 59.5 Å². The fourth-order valence-electron chi connectivity index (χ4n) is 4.64.